The number of hydrogen-bond donors (Lipinski definition) is 1. The number of thioether (sulfide) groups is 1. The number of carbonyl (C=O) groups is 3. The molecule has 1 rings (SSSR count). The zero-order valence-corrected chi connectivity index (χ0v) is 8.34. The second-order valence-corrected chi connectivity index (χ2v) is 3.68. The first-order chi connectivity index (χ1) is 6.52. The third-order valence-corrected chi connectivity index (χ3v) is 2.62. The van der Waals surface area contributed by atoms with Crippen molar-refractivity contribution in [1.82, 2.24) is 4.90 Å². The van der Waals surface area contributed by atoms with Crippen molar-refractivity contribution in [2.75, 3.05) is 12.3 Å². The molecule has 76 valence electrons. The van der Waals surface area contributed by atoms with Gasteiger partial charge < -0.3 is 5.11 Å². The molecule has 1 saturated heterocycles. The highest BCUT2D eigenvalue weighted by atomic mass is 32.2. The largest absolute Gasteiger partial charge is 0.478 e. The van der Waals surface area contributed by atoms with Crippen molar-refractivity contribution < 1.29 is 19.5 Å². The smallest absolute Gasteiger partial charge is 0.331 e. The van der Waals surface area contributed by atoms with Crippen LogP contribution in [-0.2, 0) is 9.59 Å². The van der Waals surface area contributed by atoms with Crippen LogP contribution in [0.2, 0.25) is 0 Å². The van der Waals surface area contributed by atoms with E-state index >= 15 is 0 Å². The number of carbonyl (C=O) groups excluding carboxylic acids is 2. The maximum atomic E-state index is 11.1. The topological polar surface area (TPSA) is 74.7 Å². The fraction of sp³-hybridized carbons (Fsp3) is 0.375. The molecular weight excluding hydrogens is 206 g/mol. The Morgan fingerprint density at radius 3 is 2.71 bits per heavy atom. The zero-order chi connectivity index (χ0) is 10.7. The van der Waals surface area contributed by atoms with Crippen molar-refractivity contribution in [3.8, 4) is 0 Å². The van der Waals surface area contributed by atoms with E-state index in [1.54, 1.807) is 0 Å². The molecule has 0 saturated carbocycles. The third kappa shape index (κ3) is 2.35. The lowest BCUT2D eigenvalue weighted by Crippen LogP contribution is -2.28. The summed E-state index contributed by atoms with van der Waals surface area (Å²) in [4.78, 5) is 33.6. The van der Waals surface area contributed by atoms with Crippen LogP contribution in [0.25, 0.3) is 0 Å². The van der Waals surface area contributed by atoms with E-state index in [4.69, 9.17) is 5.11 Å². The van der Waals surface area contributed by atoms with Gasteiger partial charge in [-0.25, -0.2) is 4.79 Å². The molecule has 0 radical (unpaired) electrons. The van der Waals surface area contributed by atoms with Crippen LogP contribution in [0.3, 0.4) is 0 Å². The van der Waals surface area contributed by atoms with Crippen molar-refractivity contribution >= 4 is 28.9 Å². The molecule has 1 aliphatic rings. The molecule has 6 heteroatoms. The van der Waals surface area contributed by atoms with Crippen molar-refractivity contribution in [2.24, 2.45) is 0 Å². The normalized spacial score (nSPS) is 17.8. The number of rotatable bonds is 3. The Morgan fingerprint density at radius 1 is 1.64 bits per heavy atom. The lowest BCUT2D eigenvalue weighted by molar-refractivity contribution is -0.132. The van der Waals surface area contributed by atoms with E-state index in [1.807, 2.05) is 0 Å². The van der Waals surface area contributed by atoms with Crippen LogP contribution >= 0.6 is 11.8 Å². The number of carboxylic acids is 1. The third-order valence-electron chi connectivity index (χ3n) is 1.76. The van der Waals surface area contributed by atoms with Gasteiger partial charge in [-0.15, -0.1) is 0 Å². The van der Waals surface area contributed by atoms with Gasteiger partial charge in [-0.3, -0.25) is 14.5 Å². The summed E-state index contributed by atoms with van der Waals surface area (Å²) < 4.78 is 0. The molecule has 5 nitrogen and oxygen atoms in total. The van der Waals surface area contributed by atoms with Crippen LogP contribution in [0, 0.1) is 0 Å². The van der Waals surface area contributed by atoms with E-state index in [2.05, 4.69) is 0 Å². The minimum absolute atomic E-state index is 0.0444. The van der Waals surface area contributed by atoms with Gasteiger partial charge in [0.25, 0.3) is 5.24 Å². The maximum absolute atomic E-state index is 11.1. The van der Waals surface area contributed by atoms with Gasteiger partial charge in [-0.1, -0.05) is 17.8 Å². The van der Waals surface area contributed by atoms with Crippen LogP contribution in [0.15, 0.2) is 11.6 Å². The molecule has 0 spiro atoms. The van der Waals surface area contributed by atoms with Crippen molar-refractivity contribution in [1.29, 1.82) is 0 Å². The first-order valence-electron chi connectivity index (χ1n) is 3.89. The molecule has 1 fully saturated rings. The Labute approximate surface area is 84.8 Å². The second-order valence-electron chi connectivity index (χ2n) is 2.75. The van der Waals surface area contributed by atoms with Crippen LogP contribution in [0.4, 0.5) is 4.79 Å². The van der Waals surface area contributed by atoms with E-state index in [0.29, 0.717) is 0 Å². The molecule has 0 aromatic carbocycles. The van der Waals surface area contributed by atoms with Crippen molar-refractivity contribution in [3.63, 3.8) is 0 Å². The quantitative estimate of drug-likeness (QED) is 0.702. The van der Waals surface area contributed by atoms with Gasteiger partial charge in [0.1, 0.15) is 0 Å². The Kier molecular flexibility index (Phi) is 3.29. The van der Waals surface area contributed by atoms with Gasteiger partial charge in [-0.05, 0) is 6.92 Å². The fourth-order valence-electron chi connectivity index (χ4n) is 0.873. The van der Waals surface area contributed by atoms with E-state index in [9.17, 15) is 14.4 Å². The van der Waals surface area contributed by atoms with Crippen LogP contribution < -0.4 is 0 Å². The predicted molar refractivity (Wildman–Crippen MR) is 51.0 cm³/mol. The van der Waals surface area contributed by atoms with E-state index in [0.717, 1.165) is 16.7 Å². The molecule has 0 aromatic rings. The summed E-state index contributed by atoms with van der Waals surface area (Å²) in [5, 5.41) is 8.21. The molecule has 1 aliphatic heterocycles. The molecule has 1 N–H and O–H groups in total. The van der Waals surface area contributed by atoms with Crippen LogP contribution in [0.1, 0.15) is 6.92 Å². The van der Waals surface area contributed by atoms with Gasteiger partial charge in [0, 0.05) is 12.1 Å². The predicted octanol–water partition coefficient (Wildman–Crippen LogP) is 0.713. The minimum atomic E-state index is -1.04. The molecular formula is C8H9NO4S. The summed E-state index contributed by atoms with van der Waals surface area (Å²) in [6, 6.07) is 0. The summed E-state index contributed by atoms with van der Waals surface area (Å²) in [6.45, 7) is 1.46. The zero-order valence-electron chi connectivity index (χ0n) is 7.52. The highest BCUT2D eigenvalue weighted by molar-refractivity contribution is 8.14. The average Bonchev–Trinajstić information content (AvgIpc) is 2.43. The molecule has 0 bridgehead atoms. The summed E-state index contributed by atoms with van der Waals surface area (Å²) in [5.41, 5.74) is 0.127. The summed E-state index contributed by atoms with van der Waals surface area (Å²) in [7, 11) is 0. The minimum Gasteiger partial charge on any atom is -0.478 e. The first-order valence-corrected chi connectivity index (χ1v) is 4.88. The number of carboxylic acid groups (broad SMARTS) is 1. The Hall–Kier alpha value is -1.30. The Bertz CT molecular complexity index is 307. The van der Waals surface area contributed by atoms with Gasteiger partial charge in [0.15, 0.2) is 0 Å². The Morgan fingerprint density at radius 2 is 2.29 bits per heavy atom. The second kappa shape index (κ2) is 4.28. The van der Waals surface area contributed by atoms with Gasteiger partial charge in [-0.2, -0.15) is 0 Å². The van der Waals surface area contributed by atoms with E-state index in [-0.39, 0.29) is 29.0 Å². The van der Waals surface area contributed by atoms with Crippen molar-refractivity contribution in [2.45, 2.75) is 6.92 Å². The first kappa shape index (κ1) is 10.8. The maximum Gasteiger partial charge on any atom is 0.331 e. The summed E-state index contributed by atoms with van der Waals surface area (Å²) in [6.07, 6.45) is 1.35. The van der Waals surface area contributed by atoms with Crippen LogP contribution in [-0.4, -0.2) is 39.4 Å². The number of hydrogen-bond acceptors (Lipinski definition) is 4. The fourth-order valence-corrected chi connectivity index (χ4v) is 1.61. The van der Waals surface area contributed by atoms with Crippen molar-refractivity contribution in [3.05, 3.63) is 11.6 Å². The van der Waals surface area contributed by atoms with Gasteiger partial charge in [0.05, 0.1) is 5.75 Å². The molecule has 0 aliphatic carbocycles. The van der Waals surface area contributed by atoms with Gasteiger partial charge in [0.2, 0.25) is 5.91 Å². The lowest BCUT2D eigenvalue weighted by Gasteiger charge is -2.09. The van der Waals surface area contributed by atoms with E-state index < -0.39 is 5.97 Å². The highest BCUT2D eigenvalue weighted by Crippen LogP contribution is 2.18. The molecule has 0 unspecified atom stereocenters. The number of aliphatic carboxylic acids is 1. The SMILES string of the molecule is C/C(=C\CN1C(=O)CSC1=O)C(=O)O. The van der Waals surface area contributed by atoms with Crippen LogP contribution in [0.5, 0.6) is 0 Å². The summed E-state index contributed by atoms with van der Waals surface area (Å²) in [5.74, 6) is -1.16. The molecule has 14 heavy (non-hydrogen) atoms. The standard InChI is InChI=1S/C8H9NO4S/c1-5(7(11)12)2-3-9-6(10)4-14-8(9)13/h2H,3-4H2,1H3,(H,11,12)/b5-2+. The highest BCUT2D eigenvalue weighted by Gasteiger charge is 2.28. The monoisotopic (exact) mass is 215 g/mol. The Balaban J connectivity index is 2.61. The van der Waals surface area contributed by atoms with Gasteiger partial charge >= 0.3 is 5.97 Å². The number of amides is 2. The summed E-state index contributed by atoms with van der Waals surface area (Å²) >= 11 is 0.934. The van der Waals surface area contributed by atoms with E-state index in [1.165, 1.54) is 13.0 Å². The lowest BCUT2D eigenvalue weighted by atomic mass is 10.3. The average molecular weight is 215 g/mol. The molecule has 0 atom stereocenters. The number of imide groups is 1. The molecule has 0 aromatic heterocycles. The molecule has 1 heterocycles. The molecule has 2 amide bonds. The number of nitrogens with zero attached hydrogens (tertiary/aromatic N) is 1.